The summed E-state index contributed by atoms with van der Waals surface area (Å²) >= 11 is 1.46. The Morgan fingerprint density at radius 3 is 2.90 bits per heavy atom. The van der Waals surface area contributed by atoms with Gasteiger partial charge in [-0.25, -0.2) is 4.98 Å². The number of aromatic amines is 1. The number of nitrogens with one attached hydrogen (secondary N) is 2. The van der Waals surface area contributed by atoms with Crippen LogP contribution in [0.25, 0.3) is 11.0 Å². The maximum atomic E-state index is 4.56. The minimum Gasteiger partial charge on any atom is -0.354 e. The highest BCUT2D eigenvalue weighted by molar-refractivity contribution is 7.99. The van der Waals surface area contributed by atoms with E-state index < -0.39 is 0 Å². The Labute approximate surface area is 125 Å². The number of anilines is 1. The number of hydrogen-bond donors (Lipinski definition) is 2. The second-order valence-electron chi connectivity index (χ2n) is 4.60. The minimum atomic E-state index is 0.593. The molecule has 0 spiro atoms. The van der Waals surface area contributed by atoms with Gasteiger partial charge in [0.25, 0.3) is 0 Å². The van der Waals surface area contributed by atoms with Crippen molar-refractivity contribution in [1.29, 1.82) is 0 Å². The molecule has 0 aromatic carbocycles. The lowest BCUT2D eigenvalue weighted by Crippen LogP contribution is -2.05. The van der Waals surface area contributed by atoms with Crippen LogP contribution in [0.15, 0.2) is 16.4 Å². The first-order valence-corrected chi connectivity index (χ1v) is 7.49. The SMILES string of the molecule is CCCNc1nc(Sc2nnc(C)n2C)c2cn[nH]c2n1. The number of fused-ring (bicyclic) bond motifs is 1. The summed E-state index contributed by atoms with van der Waals surface area (Å²) in [6.07, 6.45) is 2.74. The van der Waals surface area contributed by atoms with Gasteiger partial charge in [0.05, 0.1) is 11.6 Å². The lowest BCUT2D eigenvalue weighted by atomic mass is 10.4. The standard InChI is InChI=1S/C12H16N8S/c1-4-5-13-11-15-9-8(6-14-18-9)10(16-11)21-12-19-17-7(2)20(12)3/h6H,4-5H2,1-3H3,(H2,13,14,15,16,18). The van der Waals surface area contributed by atoms with Crippen LogP contribution in [0.4, 0.5) is 5.95 Å². The fraction of sp³-hybridized carbons (Fsp3) is 0.417. The van der Waals surface area contributed by atoms with Crippen molar-refractivity contribution < 1.29 is 0 Å². The first-order chi connectivity index (χ1) is 10.2. The summed E-state index contributed by atoms with van der Waals surface area (Å²) in [6, 6.07) is 0. The van der Waals surface area contributed by atoms with Crippen molar-refractivity contribution in [2.45, 2.75) is 30.5 Å². The van der Waals surface area contributed by atoms with Gasteiger partial charge in [-0.05, 0) is 25.1 Å². The molecule has 21 heavy (non-hydrogen) atoms. The summed E-state index contributed by atoms with van der Waals surface area (Å²) in [4.78, 5) is 8.96. The average molecular weight is 304 g/mol. The van der Waals surface area contributed by atoms with Crippen molar-refractivity contribution in [3.8, 4) is 0 Å². The molecule has 0 aliphatic rings. The van der Waals surface area contributed by atoms with E-state index in [0.29, 0.717) is 11.6 Å². The molecule has 3 rings (SSSR count). The molecule has 0 atom stereocenters. The summed E-state index contributed by atoms with van der Waals surface area (Å²) in [5.41, 5.74) is 0.713. The van der Waals surface area contributed by atoms with Crippen LogP contribution in [0, 0.1) is 6.92 Å². The molecule has 2 N–H and O–H groups in total. The van der Waals surface area contributed by atoms with Crippen LogP contribution < -0.4 is 5.32 Å². The second kappa shape index (κ2) is 5.68. The van der Waals surface area contributed by atoms with Crippen molar-refractivity contribution in [3.05, 3.63) is 12.0 Å². The highest BCUT2D eigenvalue weighted by Crippen LogP contribution is 2.30. The van der Waals surface area contributed by atoms with Gasteiger partial charge in [0.15, 0.2) is 10.8 Å². The Morgan fingerprint density at radius 1 is 1.33 bits per heavy atom. The van der Waals surface area contributed by atoms with Crippen LogP contribution in [0.2, 0.25) is 0 Å². The molecule has 0 saturated carbocycles. The van der Waals surface area contributed by atoms with Crippen LogP contribution >= 0.6 is 11.8 Å². The predicted octanol–water partition coefficient (Wildman–Crippen LogP) is 1.76. The van der Waals surface area contributed by atoms with Gasteiger partial charge in [0, 0.05) is 13.6 Å². The van der Waals surface area contributed by atoms with Gasteiger partial charge in [-0.15, -0.1) is 10.2 Å². The molecular weight excluding hydrogens is 288 g/mol. The lowest BCUT2D eigenvalue weighted by Gasteiger charge is -2.06. The van der Waals surface area contributed by atoms with E-state index in [4.69, 9.17) is 0 Å². The minimum absolute atomic E-state index is 0.593. The molecule has 0 aliphatic heterocycles. The zero-order chi connectivity index (χ0) is 14.8. The normalized spacial score (nSPS) is 11.2. The number of hydrogen-bond acceptors (Lipinski definition) is 7. The van der Waals surface area contributed by atoms with Gasteiger partial charge < -0.3 is 9.88 Å². The number of nitrogens with zero attached hydrogens (tertiary/aromatic N) is 6. The first-order valence-electron chi connectivity index (χ1n) is 6.68. The smallest absolute Gasteiger partial charge is 0.225 e. The van der Waals surface area contributed by atoms with E-state index >= 15 is 0 Å². The monoisotopic (exact) mass is 304 g/mol. The Morgan fingerprint density at radius 2 is 2.19 bits per heavy atom. The Balaban J connectivity index is 1.99. The van der Waals surface area contributed by atoms with Gasteiger partial charge in [0.2, 0.25) is 5.95 Å². The molecule has 3 aromatic heterocycles. The molecule has 0 saturated heterocycles. The topological polar surface area (TPSA) is 97.2 Å². The summed E-state index contributed by atoms with van der Waals surface area (Å²) in [5, 5.41) is 20.8. The zero-order valence-corrected chi connectivity index (χ0v) is 12.9. The third kappa shape index (κ3) is 2.68. The highest BCUT2D eigenvalue weighted by atomic mass is 32.2. The lowest BCUT2D eigenvalue weighted by molar-refractivity contribution is 0.765. The molecule has 3 heterocycles. The van der Waals surface area contributed by atoms with Gasteiger partial charge >= 0.3 is 0 Å². The van der Waals surface area contributed by atoms with Crippen molar-refractivity contribution in [3.63, 3.8) is 0 Å². The van der Waals surface area contributed by atoms with Crippen LogP contribution in [0.1, 0.15) is 19.2 Å². The Bertz CT molecular complexity index is 762. The second-order valence-corrected chi connectivity index (χ2v) is 5.56. The van der Waals surface area contributed by atoms with Gasteiger partial charge in [0.1, 0.15) is 10.9 Å². The van der Waals surface area contributed by atoms with Crippen LogP contribution in [0.3, 0.4) is 0 Å². The van der Waals surface area contributed by atoms with E-state index in [1.54, 1.807) is 6.20 Å². The molecule has 0 unspecified atom stereocenters. The van der Waals surface area contributed by atoms with Crippen molar-refractivity contribution in [1.82, 2.24) is 34.9 Å². The molecule has 0 radical (unpaired) electrons. The Kier molecular flexibility index (Phi) is 3.74. The number of aryl methyl sites for hydroxylation is 1. The third-order valence-corrected chi connectivity index (χ3v) is 4.09. The van der Waals surface area contributed by atoms with Gasteiger partial charge in [-0.2, -0.15) is 10.1 Å². The molecule has 110 valence electrons. The Hall–Kier alpha value is -2.16. The fourth-order valence-electron chi connectivity index (χ4n) is 1.77. The van der Waals surface area contributed by atoms with E-state index in [1.807, 2.05) is 18.5 Å². The molecule has 0 amide bonds. The van der Waals surface area contributed by atoms with Gasteiger partial charge in [-0.3, -0.25) is 5.10 Å². The van der Waals surface area contributed by atoms with Gasteiger partial charge in [-0.1, -0.05) is 6.92 Å². The number of rotatable bonds is 5. The van der Waals surface area contributed by atoms with Crippen LogP contribution in [0.5, 0.6) is 0 Å². The number of aromatic nitrogens is 7. The molecule has 0 bridgehead atoms. The maximum absolute atomic E-state index is 4.56. The maximum Gasteiger partial charge on any atom is 0.225 e. The quantitative estimate of drug-likeness (QED) is 0.693. The van der Waals surface area contributed by atoms with Crippen LogP contribution in [-0.4, -0.2) is 41.5 Å². The van der Waals surface area contributed by atoms with E-state index in [1.165, 1.54) is 11.8 Å². The summed E-state index contributed by atoms with van der Waals surface area (Å²) < 4.78 is 1.93. The third-order valence-electron chi connectivity index (χ3n) is 3.05. The highest BCUT2D eigenvalue weighted by Gasteiger charge is 2.14. The van der Waals surface area contributed by atoms with Crippen LogP contribution in [-0.2, 0) is 7.05 Å². The molecule has 0 fully saturated rings. The number of H-pyrrole nitrogens is 1. The van der Waals surface area contributed by atoms with E-state index in [0.717, 1.165) is 34.4 Å². The summed E-state index contributed by atoms with van der Waals surface area (Å²) in [7, 11) is 1.93. The van der Waals surface area contributed by atoms with E-state index in [2.05, 4.69) is 42.6 Å². The first kappa shape index (κ1) is 13.8. The molecule has 0 aliphatic carbocycles. The zero-order valence-electron chi connectivity index (χ0n) is 12.1. The van der Waals surface area contributed by atoms with Crippen molar-refractivity contribution in [2.24, 2.45) is 7.05 Å². The summed E-state index contributed by atoms with van der Waals surface area (Å²) in [5.74, 6) is 1.45. The van der Waals surface area contributed by atoms with Crippen molar-refractivity contribution in [2.75, 3.05) is 11.9 Å². The molecule has 8 nitrogen and oxygen atoms in total. The van der Waals surface area contributed by atoms with E-state index in [9.17, 15) is 0 Å². The molecule has 3 aromatic rings. The molecular formula is C12H16N8S. The predicted molar refractivity (Wildman–Crippen MR) is 80.3 cm³/mol. The largest absolute Gasteiger partial charge is 0.354 e. The van der Waals surface area contributed by atoms with E-state index in [-0.39, 0.29) is 0 Å². The van der Waals surface area contributed by atoms with Crippen molar-refractivity contribution >= 4 is 28.7 Å². The average Bonchev–Trinajstić information content (AvgIpc) is 3.07. The fourth-order valence-corrected chi connectivity index (χ4v) is 2.68. The molecule has 9 heteroatoms. The summed E-state index contributed by atoms with van der Waals surface area (Å²) in [6.45, 7) is 4.84.